The SMILES string of the molecule is Cc1cccc(C(=O)Nc2nc(CC(N)=O)cs2)c1. The lowest BCUT2D eigenvalue weighted by atomic mass is 10.1. The van der Waals surface area contributed by atoms with Crippen molar-refractivity contribution in [2.24, 2.45) is 5.73 Å². The predicted molar refractivity (Wildman–Crippen MR) is 74.1 cm³/mol. The molecule has 1 aromatic heterocycles. The first kappa shape index (κ1) is 13.2. The first-order valence-electron chi connectivity index (χ1n) is 5.65. The van der Waals surface area contributed by atoms with Crippen molar-refractivity contribution in [1.29, 1.82) is 0 Å². The number of aryl methyl sites for hydroxylation is 1. The van der Waals surface area contributed by atoms with Gasteiger partial charge in [0.15, 0.2) is 5.13 Å². The van der Waals surface area contributed by atoms with Crippen LogP contribution >= 0.6 is 11.3 Å². The molecule has 2 rings (SSSR count). The van der Waals surface area contributed by atoms with Gasteiger partial charge < -0.3 is 5.73 Å². The smallest absolute Gasteiger partial charge is 0.257 e. The molecule has 0 aliphatic heterocycles. The number of carbonyl (C=O) groups excluding carboxylic acids is 2. The molecule has 0 unspecified atom stereocenters. The van der Waals surface area contributed by atoms with Crippen molar-refractivity contribution in [2.45, 2.75) is 13.3 Å². The Balaban J connectivity index is 2.06. The van der Waals surface area contributed by atoms with Gasteiger partial charge in [-0.2, -0.15) is 0 Å². The molecule has 0 saturated carbocycles. The van der Waals surface area contributed by atoms with Crippen molar-refractivity contribution < 1.29 is 9.59 Å². The number of nitrogens with one attached hydrogen (secondary N) is 1. The number of hydrogen-bond donors (Lipinski definition) is 2. The summed E-state index contributed by atoms with van der Waals surface area (Å²) in [6.45, 7) is 1.92. The van der Waals surface area contributed by atoms with E-state index in [2.05, 4.69) is 10.3 Å². The minimum atomic E-state index is -0.443. The van der Waals surface area contributed by atoms with Crippen LogP contribution in [-0.2, 0) is 11.2 Å². The van der Waals surface area contributed by atoms with E-state index in [9.17, 15) is 9.59 Å². The average molecular weight is 275 g/mol. The van der Waals surface area contributed by atoms with Crippen molar-refractivity contribution in [3.05, 3.63) is 46.5 Å². The van der Waals surface area contributed by atoms with E-state index in [1.165, 1.54) is 11.3 Å². The van der Waals surface area contributed by atoms with Crippen LogP contribution in [0.3, 0.4) is 0 Å². The van der Waals surface area contributed by atoms with Crippen LogP contribution in [0.2, 0.25) is 0 Å². The van der Waals surface area contributed by atoms with Gasteiger partial charge in [0.05, 0.1) is 12.1 Å². The van der Waals surface area contributed by atoms with E-state index in [-0.39, 0.29) is 12.3 Å². The highest BCUT2D eigenvalue weighted by Gasteiger charge is 2.10. The van der Waals surface area contributed by atoms with Gasteiger partial charge in [-0.1, -0.05) is 17.7 Å². The minimum Gasteiger partial charge on any atom is -0.369 e. The second-order valence-corrected chi connectivity index (χ2v) is 4.97. The fourth-order valence-electron chi connectivity index (χ4n) is 1.58. The van der Waals surface area contributed by atoms with Crippen LogP contribution in [0, 0.1) is 6.92 Å². The van der Waals surface area contributed by atoms with Crippen LogP contribution in [0.1, 0.15) is 21.6 Å². The maximum Gasteiger partial charge on any atom is 0.257 e. The van der Waals surface area contributed by atoms with Gasteiger partial charge in [-0.15, -0.1) is 11.3 Å². The number of rotatable bonds is 4. The summed E-state index contributed by atoms with van der Waals surface area (Å²) in [5.41, 5.74) is 7.24. The summed E-state index contributed by atoms with van der Waals surface area (Å²) in [6.07, 6.45) is 0.0802. The van der Waals surface area contributed by atoms with E-state index in [4.69, 9.17) is 5.73 Å². The number of benzene rings is 1. The second-order valence-electron chi connectivity index (χ2n) is 4.11. The number of nitrogens with zero attached hydrogens (tertiary/aromatic N) is 1. The fraction of sp³-hybridized carbons (Fsp3) is 0.154. The standard InChI is InChI=1S/C13H13N3O2S/c1-8-3-2-4-9(5-8)12(18)16-13-15-10(7-19-13)6-11(14)17/h2-5,7H,6H2,1H3,(H2,14,17)(H,15,16,18). The quantitative estimate of drug-likeness (QED) is 0.891. The van der Waals surface area contributed by atoms with E-state index >= 15 is 0 Å². The third-order valence-corrected chi connectivity index (χ3v) is 3.21. The first-order chi connectivity index (χ1) is 9.04. The molecular weight excluding hydrogens is 262 g/mol. The number of amides is 2. The summed E-state index contributed by atoms with van der Waals surface area (Å²) in [6, 6.07) is 7.28. The normalized spacial score (nSPS) is 10.2. The van der Waals surface area contributed by atoms with Gasteiger partial charge >= 0.3 is 0 Å². The lowest BCUT2D eigenvalue weighted by Crippen LogP contribution is -2.14. The lowest BCUT2D eigenvalue weighted by Gasteiger charge is -2.02. The lowest BCUT2D eigenvalue weighted by molar-refractivity contribution is -0.117. The molecule has 0 spiro atoms. The Morgan fingerprint density at radius 1 is 1.42 bits per heavy atom. The highest BCUT2D eigenvalue weighted by Crippen LogP contribution is 2.17. The second kappa shape index (κ2) is 5.62. The summed E-state index contributed by atoms with van der Waals surface area (Å²) >= 11 is 1.27. The maximum atomic E-state index is 12.0. The van der Waals surface area contributed by atoms with Crippen molar-refractivity contribution in [2.75, 3.05) is 5.32 Å². The van der Waals surface area contributed by atoms with Crippen molar-refractivity contribution in [3.8, 4) is 0 Å². The van der Waals surface area contributed by atoms with E-state index in [1.807, 2.05) is 19.1 Å². The molecule has 19 heavy (non-hydrogen) atoms. The number of anilines is 1. The van der Waals surface area contributed by atoms with Crippen molar-refractivity contribution in [3.63, 3.8) is 0 Å². The topological polar surface area (TPSA) is 85.1 Å². The van der Waals surface area contributed by atoms with Crippen molar-refractivity contribution >= 4 is 28.3 Å². The van der Waals surface area contributed by atoms with Gasteiger partial charge in [0.2, 0.25) is 5.91 Å². The molecule has 5 nitrogen and oxygen atoms in total. The van der Waals surface area contributed by atoms with E-state index in [0.717, 1.165) is 5.56 Å². The van der Waals surface area contributed by atoms with E-state index < -0.39 is 5.91 Å². The first-order valence-corrected chi connectivity index (χ1v) is 6.53. The monoisotopic (exact) mass is 275 g/mol. The molecule has 0 fully saturated rings. The predicted octanol–water partition coefficient (Wildman–Crippen LogP) is 1.73. The van der Waals surface area contributed by atoms with Gasteiger partial charge in [-0.25, -0.2) is 4.98 Å². The molecule has 0 radical (unpaired) electrons. The van der Waals surface area contributed by atoms with Crippen LogP contribution in [0.15, 0.2) is 29.6 Å². The highest BCUT2D eigenvalue weighted by molar-refractivity contribution is 7.14. The van der Waals surface area contributed by atoms with E-state index in [1.54, 1.807) is 17.5 Å². The Kier molecular flexibility index (Phi) is 3.91. The third kappa shape index (κ3) is 3.62. The zero-order chi connectivity index (χ0) is 13.8. The Morgan fingerprint density at radius 2 is 2.21 bits per heavy atom. The number of thiazole rings is 1. The van der Waals surface area contributed by atoms with Crippen LogP contribution in [0.25, 0.3) is 0 Å². The molecule has 1 heterocycles. The fourth-order valence-corrected chi connectivity index (χ4v) is 2.28. The zero-order valence-electron chi connectivity index (χ0n) is 10.3. The zero-order valence-corrected chi connectivity index (χ0v) is 11.2. The van der Waals surface area contributed by atoms with E-state index in [0.29, 0.717) is 16.4 Å². The third-order valence-electron chi connectivity index (χ3n) is 2.41. The van der Waals surface area contributed by atoms with Gasteiger partial charge in [0.1, 0.15) is 0 Å². The van der Waals surface area contributed by atoms with Crippen LogP contribution in [0.5, 0.6) is 0 Å². The summed E-state index contributed by atoms with van der Waals surface area (Å²) in [4.78, 5) is 26.8. The number of primary amides is 1. The minimum absolute atomic E-state index is 0.0802. The van der Waals surface area contributed by atoms with Gasteiger partial charge in [-0.3, -0.25) is 14.9 Å². The summed E-state index contributed by atoms with van der Waals surface area (Å²) in [7, 11) is 0. The summed E-state index contributed by atoms with van der Waals surface area (Å²) in [5, 5.41) is 4.86. The van der Waals surface area contributed by atoms with Crippen LogP contribution in [-0.4, -0.2) is 16.8 Å². The largest absolute Gasteiger partial charge is 0.369 e. The Bertz CT molecular complexity index is 622. The maximum absolute atomic E-state index is 12.0. The summed E-state index contributed by atoms with van der Waals surface area (Å²) in [5.74, 6) is -0.662. The molecule has 0 aliphatic rings. The molecule has 3 N–H and O–H groups in total. The Morgan fingerprint density at radius 3 is 2.89 bits per heavy atom. The van der Waals surface area contributed by atoms with Crippen LogP contribution < -0.4 is 11.1 Å². The van der Waals surface area contributed by atoms with Gasteiger partial charge in [-0.05, 0) is 19.1 Å². The molecule has 0 aliphatic carbocycles. The Labute approximate surface area is 114 Å². The molecule has 0 atom stereocenters. The van der Waals surface area contributed by atoms with Crippen molar-refractivity contribution in [1.82, 2.24) is 4.98 Å². The Hall–Kier alpha value is -2.21. The number of carbonyl (C=O) groups is 2. The molecule has 1 aromatic carbocycles. The molecule has 0 saturated heterocycles. The van der Waals surface area contributed by atoms with Crippen LogP contribution in [0.4, 0.5) is 5.13 Å². The molecule has 98 valence electrons. The molecule has 2 amide bonds. The highest BCUT2D eigenvalue weighted by atomic mass is 32.1. The molecular formula is C13H13N3O2S. The van der Waals surface area contributed by atoms with Gasteiger partial charge in [0, 0.05) is 10.9 Å². The molecule has 6 heteroatoms. The molecule has 0 bridgehead atoms. The number of nitrogens with two attached hydrogens (primary N) is 1. The van der Waals surface area contributed by atoms with Gasteiger partial charge in [0.25, 0.3) is 5.91 Å². The number of aromatic nitrogens is 1. The number of hydrogen-bond acceptors (Lipinski definition) is 4. The average Bonchev–Trinajstić information content (AvgIpc) is 2.75. The summed E-state index contributed by atoms with van der Waals surface area (Å²) < 4.78 is 0. The molecule has 2 aromatic rings.